The van der Waals surface area contributed by atoms with E-state index in [4.69, 9.17) is 5.73 Å². The van der Waals surface area contributed by atoms with Crippen molar-refractivity contribution in [3.8, 4) is 0 Å². The van der Waals surface area contributed by atoms with Gasteiger partial charge in [0.05, 0.1) is 20.8 Å². The molecule has 8 aromatic rings. The highest BCUT2D eigenvalue weighted by Gasteiger charge is 2.24. The molecule has 6 aromatic carbocycles. The molecule has 1 aliphatic rings. The molecular formula is C40H35N5O4S2. The van der Waals surface area contributed by atoms with Gasteiger partial charge in [-0.05, 0) is 59.3 Å². The standard InChI is InChI=1S/C22H21N3O2S.C18H14N2O2S/c26-28(27,22-10-3-6-17-5-1-2-7-18(17)22)25-14-11-19-20(8-4-9-21(19)25)24-15-12-23-13-16-24;19-16-8-4-9-17-15(16)11-12-20(17)23(21,22)18-10-3-6-13-5-1-2-7-14(13)18/h1-11,14,23H,12-13,15-16H2;1-12H,19H2. The van der Waals surface area contributed by atoms with E-state index in [-0.39, 0.29) is 4.90 Å². The second-order valence-electron chi connectivity index (χ2n) is 12.4. The Kier molecular flexibility index (Phi) is 8.26. The summed E-state index contributed by atoms with van der Waals surface area (Å²) in [5.74, 6) is 0. The van der Waals surface area contributed by atoms with Crippen LogP contribution in [-0.4, -0.2) is 51.0 Å². The van der Waals surface area contributed by atoms with Gasteiger partial charge in [0.2, 0.25) is 0 Å². The highest BCUT2D eigenvalue weighted by molar-refractivity contribution is 7.90. The number of hydrogen-bond donors (Lipinski definition) is 2. The van der Waals surface area contributed by atoms with Crippen LogP contribution in [0, 0.1) is 0 Å². The summed E-state index contributed by atoms with van der Waals surface area (Å²) in [4.78, 5) is 2.93. The van der Waals surface area contributed by atoms with Crippen LogP contribution in [0.4, 0.5) is 11.4 Å². The maximum Gasteiger partial charge on any atom is 0.268 e. The number of nitrogens with two attached hydrogens (primary N) is 1. The van der Waals surface area contributed by atoms with Crippen LogP contribution in [0.5, 0.6) is 0 Å². The van der Waals surface area contributed by atoms with Gasteiger partial charge in [0.15, 0.2) is 0 Å². The van der Waals surface area contributed by atoms with E-state index in [1.807, 2.05) is 78.9 Å². The highest BCUT2D eigenvalue weighted by Crippen LogP contribution is 2.33. The largest absolute Gasteiger partial charge is 0.398 e. The summed E-state index contributed by atoms with van der Waals surface area (Å²) in [6, 6.07) is 40.6. The van der Waals surface area contributed by atoms with Crippen LogP contribution >= 0.6 is 0 Å². The molecule has 51 heavy (non-hydrogen) atoms. The van der Waals surface area contributed by atoms with E-state index < -0.39 is 20.0 Å². The van der Waals surface area contributed by atoms with Gasteiger partial charge in [0, 0.05) is 71.5 Å². The van der Waals surface area contributed by atoms with Gasteiger partial charge in [-0.2, -0.15) is 0 Å². The van der Waals surface area contributed by atoms with Gasteiger partial charge in [0.25, 0.3) is 20.0 Å². The van der Waals surface area contributed by atoms with Crippen LogP contribution in [0.1, 0.15) is 0 Å². The van der Waals surface area contributed by atoms with Gasteiger partial charge in [-0.3, -0.25) is 0 Å². The molecule has 0 saturated carbocycles. The number of aromatic nitrogens is 2. The zero-order valence-electron chi connectivity index (χ0n) is 27.6. The first-order valence-electron chi connectivity index (χ1n) is 16.6. The van der Waals surface area contributed by atoms with E-state index in [0.29, 0.717) is 27.0 Å². The topological polar surface area (TPSA) is 119 Å². The second-order valence-corrected chi connectivity index (χ2v) is 16.0. The lowest BCUT2D eigenvalue weighted by molar-refractivity contribution is 0.588. The molecule has 0 radical (unpaired) electrons. The van der Waals surface area contributed by atoms with E-state index in [1.54, 1.807) is 60.9 Å². The van der Waals surface area contributed by atoms with Crippen molar-refractivity contribution in [1.29, 1.82) is 0 Å². The molecule has 9 nitrogen and oxygen atoms in total. The third kappa shape index (κ3) is 5.69. The van der Waals surface area contributed by atoms with Crippen LogP contribution in [0.15, 0.2) is 156 Å². The van der Waals surface area contributed by atoms with Crippen molar-refractivity contribution >= 4 is 74.8 Å². The third-order valence-electron chi connectivity index (χ3n) is 9.44. The molecule has 3 heterocycles. The van der Waals surface area contributed by atoms with Gasteiger partial charge in [0.1, 0.15) is 0 Å². The van der Waals surface area contributed by atoms with Gasteiger partial charge in [-0.15, -0.1) is 0 Å². The van der Waals surface area contributed by atoms with Crippen molar-refractivity contribution in [3.63, 3.8) is 0 Å². The Hall–Kier alpha value is -5.62. The fourth-order valence-corrected chi connectivity index (χ4v) is 10.1. The number of rotatable bonds is 5. The zero-order valence-corrected chi connectivity index (χ0v) is 29.2. The summed E-state index contributed by atoms with van der Waals surface area (Å²) in [5, 5.41) is 8.32. The van der Waals surface area contributed by atoms with Crippen molar-refractivity contribution in [1.82, 2.24) is 13.3 Å². The van der Waals surface area contributed by atoms with Crippen LogP contribution in [0.3, 0.4) is 0 Å². The Balaban J connectivity index is 0.000000150. The minimum absolute atomic E-state index is 0.288. The molecule has 3 N–H and O–H groups in total. The van der Waals surface area contributed by atoms with Gasteiger partial charge in [-0.1, -0.05) is 84.9 Å². The first kappa shape index (κ1) is 32.6. The number of anilines is 2. The van der Waals surface area contributed by atoms with E-state index in [2.05, 4.69) is 16.3 Å². The summed E-state index contributed by atoms with van der Waals surface area (Å²) in [5.41, 5.74) is 8.88. The molecule has 1 saturated heterocycles. The fraction of sp³-hybridized carbons (Fsp3) is 0.100. The van der Waals surface area contributed by atoms with Crippen LogP contribution < -0.4 is 16.0 Å². The van der Waals surface area contributed by atoms with Gasteiger partial charge in [-0.25, -0.2) is 24.8 Å². The Morgan fingerprint density at radius 2 is 0.961 bits per heavy atom. The third-order valence-corrected chi connectivity index (χ3v) is 12.9. The highest BCUT2D eigenvalue weighted by atomic mass is 32.2. The molecule has 0 spiro atoms. The number of hydrogen-bond acceptors (Lipinski definition) is 7. The van der Waals surface area contributed by atoms with Crippen molar-refractivity contribution in [2.75, 3.05) is 36.8 Å². The number of benzene rings is 6. The molecule has 0 unspecified atom stereocenters. The first-order chi connectivity index (χ1) is 24.7. The lowest BCUT2D eigenvalue weighted by Gasteiger charge is -2.30. The zero-order chi connectivity index (χ0) is 35.2. The maximum atomic E-state index is 13.5. The summed E-state index contributed by atoms with van der Waals surface area (Å²) in [7, 11) is -7.42. The lowest BCUT2D eigenvalue weighted by Crippen LogP contribution is -2.43. The molecule has 11 heteroatoms. The smallest absolute Gasteiger partial charge is 0.268 e. The van der Waals surface area contributed by atoms with Crippen molar-refractivity contribution in [2.24, 2.45) is 0 Å². The number of nitrogens with one attached hydrogen (secondary N) is 1. The Morgan fingerprint density at radius 3 is 1.55 bits per heavy atom. The molecule has 9 rings (SSSR count). The van der Waals surface area contributed by atoms with Crippen molar-refractivity contribution < 1.29 is 16.8 Å². The van der Waals surface area contributed by atoms with E-state index in [0.717, 1.165) is 58.8 Å². The molecule has 256 valence electrons. The monoisotopic (exact) mass is 713 g/mol. The normalized spacial score (nSPS) is 13.8. The molecule has 0 aliphatic carbocycles. The Labute approximate surface area is 296 Å². The Bertz CT molecular complexity index is 2790. The van der Waals surface area contributed by atoms with Crippen molar-refractivity contribution in [2.45, 2.75) is 9.79 Å². The number of fused-ring (bicyclic) bond motifs is 4. The fourth-order valence-electron chi connectivity index (χ4n) is 6.95. The summed E-state index contributed by atoms with van der Waals surface area (Å²) >= 11 is 0. The maximum absolute atomic E-state index is 13.5. The molecule has 1 fully saturated rings. The SMILES string of the molecule is Nc1cccc2c1ccn2S(=O)(=O)c1cccc2ccccc12.O=S(=O)(c1cccc2ccccc12)n1ccc2c(N3CCNCC3)cccc21. The number of nitrogens with zero attached hydrogens (tertiary/aromatic N) is 3. The average Bonchev–Trinajstić information content (AvgIpc) is 3.82. The molecule has 2 aromatic heterocycles. The van der Waals surface area contributed by atoms with Gasteiger partial charge < -0.3 is 16.0 Å². The summed E-state index contributed by atoms with van der Waals surface area (Å²) in [6.07, 6.45) is 3.23. The molecule has 1 aliphatic heterocycles. The number of piperazine rings is 1. The second kappa shape index (κ2) is 12.9. The van der Waals surface area contributed by atoms with Gasteiger partial charge >= 0.3 is 0 Å². The van der Waals surface area contributed by atoms with E-state index in [9.17, 15) is 16.8 Å². The average molecular weight is 714 g/mol. The summed E-state index contributed by atoms with van der Waals surface area (Å²) in [6.45, 7) is 3.71. The lowest BCUT2D eigenvalue weighted by atomic mass is 10.1. The molecular weight excluding hydrogens is 679 g/mol. The molecule has 0 amide bonds. The van der Waals surface area contributed by atoms with E-state index in [1.165, 1.54) is 7.94 Å². The first-order valence-corrected chi connectivity index (χ1v) is 19.5. The van der Waals surface area contributed by atoms with Crippen LogP contribution in [-0.2, 0) is 20.0 Å². The molecule has 0 atom stereocenters. The predicted octanol–water partition coefficient (Wildman–Crippen LogP) is 7.05. The van der Waals surface area contributed by atoms with Crippen molar-refractivity contribution in [3.05, 3.63) is 146 Å². The van der Waals surface area contributed by atoms with E-state index >= 15 is 0 Å². The minimum atomic E-state index is -3.71. The van der Waals surface area contributed by atoms with Crippen LogP contribution in [0.2, 0.25) is 0 Å². The molecule has 0 bridgehead atoms. The predicted molar refractivity (Wildman–Crippen MR) is 206 cm³/mol. The summed E-state index contributed by atoms with van der Waals surface area (Å²) < 4.78 is 56.1. The quantitative estimate of drug-likeness (QED) is 0.184. The Morgan fingerprint density at radius 1 is 0.490 bits per heavy atom. The number of nitrogen functional groups attached to an aromatic ring is 1. The minimum Gasteiger partial charge on any atom is -0.398 e. The van der Waals surface area contributed by atoms with Crippen LogP contribution in [0.25, 0.3) is 43.4 Å².